The Kier molecular flexibility index (Phi) is 4.97. The van der Waals surface area contributed by atoms with Crippen LogP contribution in [0.15, 0.2) is 48.5 Å². The minimum Gasteiger partial charge on any atom is -0.465 e. The van der Waals surface area contributed by atoms with Crippen molar-refractivity contribution in [2.45, 2.75) is 6.42 Å². The van der Waals surface area contributed by atoms with Gasteiger partial charge < -0.3 is 15.0 Å². The van der Waals surface area contributed by atoms with E-state index >= 15 is 0 Å². The molecular formula is C19H17FN2O4. The molecule has 0 radical (unpaired) electrons. The molecule has 0 aliphatic carbocycles. The zero-order valence-corrected chi connectivity index (χ0v) is 14.1. The fraction of sp³-hybridized carbons (Fsp3) is 0.211. The first-order chi connectivity index (χ1) is 12.5. The molecule has 0 unspecified atom stereocenters. The average Bonchev–Trinajstić information content (AvgIpc) is 3.04. The van der Waals surface area contributed by atoms with E-state index < -0.39 is 17.7 Å². The predicted octanol–water partition coefficient (Wildman–Crippen LogP) is 2.60. The van der Waals surface area contributed by atoms with Crippen LogP contribution in [0.4, 0.5) is 15.8 Å². The molecule has 2 amide bonds. The number of carbonyl (C=O) groups is 3. The number of hydrogen-bond acceptors (Lipinski definition) is 4. The van der Waals surface area contributed by atoms with E-state index in [-0.39, 0.29) is 30.3 Å². The molecule has 26 heavy (non-hydrogen) atoms. The van der Waals surface area contributed by atoms with Crippen molar-refractivity contribution in [1.82, 2.24) is 0 Å². The zero-order chi connectivity index (χ0) is 18.7. The van der Waals surface area contributed by atoms with E-state index in [1.807, 2.05) is 0 Å². The van der Waals surface area contributed by atoms with E-state index in [0.717, 1.165) is 0 Å². The Morgan fingerprint density at radius 2 is 1.85 bits per heavy atom. The monoisotopic (exact) mass is 356 g/mol. The van der Waals surface area contributed by atoms with Crippen LogP contribution in [0.2, 0.25) is 0 Å². The van der Waals surface area contributed by atoms with Crippen LogP contribution in [0, 0.1) is 11.7 Å². The van der Waals surface area contributed by atoms with Crippen molar-refractivity contribution in [3.8, 4) is 0 Å². The summed E-state index contributed by atoms with van der Waals surface area (Å²) in [5.74, 6) is -2.10. The highest BCUT2D eigenvalue weighted by Gasteiger charge is 2.35. The van der Waals surface area contributed by atoms with E-state index in [4.69, 9.17) is 4.74 Å². The van der Waals surface area contributed by atoms with Gasteiger partial charge in [-0.2, -0.15) is 0 Å². The summed E-state index contributed by atoms with van der Waals surface area (Å²) in [6, 6.07) is 12.0. The lowest BCUT2D eigenvalue weighted by Crippen LogP contribution is -2.28. The van der Waals surface area contributed by atoms with Gasteiger partial charge >= 0.3 is 5.97 Å². The molecule has 0 saturated carbocycles. The molecule has 1 saturated heterocycles. The van der Waals surface area contributed by atoms with Crippen LogP contribution in [0.25, 0.3) is 0 Å². The summed E-state index contributed by atoms with van der Waals surface area (Å²) in [7, 11) is 1.26. The lowest BCUT2D eigenvalue weighted by molar-refractivity contribution is -0.122. The number of esters is 1. The molecule has 2 aromatic carbocycles. The fourth-order valence-corrected chi connectivity index (χ4v) is 2.87. The lowest BCUT2D eigenvalue weighted by Gasteiger charge is -2.17. The number of carbonyl (C=O) groups excluding carboxylic acids is 3. The number of methoxy groups -OCH3 is 1. The summed E-state index contributed by atoms with van der Waals surface area (Å²) in [5, 5.41) is 2.69. The predicted molar refractivity (Wildman–Crippen MR) is 93.3 cm³/mol. The number of anilines is 2. The highest BCUT2D eigenvalue weighted by molar-refractivity contribution is 6.06. The highest BCUT2D eigenvalue weighted by Crippen LogP contribution is 2.27. The maximum Gasteiger partial charge on any atom is 0.339 e. The van der Waals surface area contributed by atoms with Crippen LogP contribution in [0.1, 0.15) is 16.8 Å². The Balaban J connectivity index is 1.73. The normalized spacial score (nSPS) is 16.5. The maximum absolute atomic E-state index is 13.0. The molecule has 134 valence electrons. The number of amides is 2. The number of benzene rings is 2. The van der Waals surface area contributed by atoms with Crippen molar-refractivity contribution < 1.29 is 23.5 Å². The third-order valence-electron chi connectivity index (χ3n) is 4.22. The summed E-state index contributed by atoms with van der Waals surface area (Å²) >= 11 is 0. The van der Waals surface area contributed by atoms with Gasteiger partial charge in [0, 0.05) is 18.7 Å². The van der Waals surface area contributed by atoms with Crippen LogP contribution < -0.4 is 10.2 Å². The van der Waals surface area contributed by atoms with E-state index in [1.54, 1.807) is 24.3 Å². The standard InChI is InChI=1S/C19H17FN2O4/c1-26-19(25)15-4-2-3-5-16(15)21-18(24)12-10-17(23)22(11-12)14-8-6-13(20)7-9-14/h2-9,12H,10-11H2,1H3,(H,21,24)/t12-/m0/s1. The second-order valence-electron chi connectivity index (χ2n) is 5.91. The molecule has 0 bridgehead atoms. The van der Waals surface area contributed by atoms with Crippen molar-refractivity contribution in [1.29, 1.82) is 0 Å². The first-order valence-electron chi connectivity index (χ1n) is 8.03. The third-order valence-corrected chi connectivity index (χ3v) is 4.22. The summed E-state index contributed by atoms with van der Waals surface area (Å²) in [5.41, 5.74) is 1.11. The van der Waals surface area contributed by atoms with Crippen molar-refractivity contribution in [3.63, 3.8) is 0 Å². The number of hydrogen-bond donors (Lipinski definition) is 1. The second kappa shape index (κ2) is 7.35. The molecule has 1 atom stereocenters. The number of rotatable bonds is 4. The second-order valence-corrected chi connectivity index (χ2v) is 5.91. The van der Waals surface area contributed by atoms with E-state index in [9.17, 15) is 18.8 Å². The van der Waals surface area contributed by atoms with Crippen LogP contribution in [0.5, 0.6) is 0 Å². The molecule has 6 nitrogen and oxygen atoms in total. The van der Waals surface area contributed by atoms with Gasteiger partial charge in [-0.3, -0.25) is 9.59 Å². The molecule has 2 aromatic rings. The summed E-state index contributed by atoms with van der Waals surface area (Å²) in [4.78, 5) is 38.0. The van der Waals surface area contributed by atoms with Crippen LogP contribution in [-0.2, 0) is 14.3 Å². The smallest absolute Gasteiger partial charge is 0.339 e. The Labute approximate surface area is 149 Å². The van der Waals surface area contributed by atoms with Crippen molar-refractivity contribution in [2.75, 3.05) is 23.9 Å². The summed E-state index contributed by atoms with van der Waals surface area (Å²) in [6.45, 7) is 0.191. The minimum atomic E-state index is -0.571. The summed E-state index contributed by atoms with van der Waals surface area (Å²) in [6.07, 6.45) is 0.0452. The molecule has 1 heterocycles. The van der Waals surface area contributed by atoms with Crippen LogP contribution in [-0.4, -0.2) is 31.4 Å². The van der Waals surface area contributed by atoms with Gasteiger partial charge in [0.1, 0.15) is 5.82 Å². The van der Waals surface area contributed by atoms with Gasteiger partial charge in [0.25, 0.3) is 0 Å². The Morgan fingerprint density at radius 3 is 2.54 bits per heavy atom. The maximum atomic E-state index is 13.0. The number of para-hydroxylation sites is 1. The molecule has 1 aliphatic heterocycles. The van der Waals surface area contributed by atoms with Crippen molar-refractivity contribution in [3.05, 3.63) is 59.9 Å². The van der Waals surface area contributed by atoms with Crippen molar-refractivity contribution >= 4 is 29.2 Å². The topological polar surface area (TPSA) is 75.7 Å². The fourth-order valence-electron chi connectivity index (χ4n) is 2.87. The Hall–Kier alpha value is -3.22. The average molecular weight is 356 g/mol. The lowest BCUT2D eigenvalue weighted by atomic mass is 10.1. The Morgan fingerprint density at radius 1 is 1.15 bits per heavy atom. The van der Waals surface area contributed by atoms with Crippen molar-refractivity contribution in [2.24, 2.45) is 5.92 Å². The van der Waals surface area contributed by atoms with E-state index in [1.165, 1.54) is 36.3 Å². The van der Waals surface area contributed by atoms with Gasteiger partial charge in [-0.05, 0) is 36.4 Å². The van der Waals surface area contributed by atoms with Crippen LogP contribution >= 0.6 is 0 Å². The van der Waals surface area contributed by atoms with E-state index in [0.29, 0.717) is 11.4 Å². The molecule has 3 rings (SSSR count). The number of nitrogens with one attached hydrogen (secondary N) is 1. The summed E-state index contributed by atoms with van der Waals surface area (Å²) < 4.78 is 17.7. The first kappa shape index (κ1) is 17.6. The SMILES string of the molecule is COC(=O)c1ccccc1NC(=O)[C@H]1CC(=O)N(c2ccc(F)cc2)C1. The molecule has 1 aliphatic rings. The molecule has 0 spiro atoms. The number of ether oxygens (including phenoxy) is 1. The Bertz CT molecular complexity index is 851. The molecular weight excluding hydrogens is 339 g/mol. The quantitative estimate of drug-likeness (QED) is 0.855. The molecule has 1 N–H and O–H groups in total. The molecule has 1 fully saturated rings. The first-order valence-corrected chi connectivity index (χ1v) is 8.03. The highest BCUT2D eigenvalue weighted by atomic mass is 19.1. The largest absolute Gasteiger partial charge is 0.465 e. The number of nitrogens with zero attached hydrogens (tertiary/aromatic N) is 1. The van der Waals surface area contributed by atoms with Gasteiger partial charge in [0.2, 0.25) is 11.8 Å². The molecule has 7 heteroatoms. The van der Waals surface area contributed by atoms with Gasteiger partial charge in [0.15, 0.2) is 0 Å². The van der Waals surface area contributed by atoms with E-state index in [2.05, 4.69) is 5.32 Å². The van der Waals surface area contributed by atoms with Gasteiger partial charge in [0.05, 0.1) is 24.3 Å². The molecule has 0 aromatic heterocycles. The zero-order valence-electron chi connectivity index (χ0n) is 14.1. The van der Waals surface area contributed by atoms with Gasteiger partial charge in [-0.1, -0.05) is 12.1 Å². The van der Waals surface area contributed by atoms with Gasteiger partial charge in [-0.15, -0.1) is 0 Å². The number of halogens is 1. The third kappa shape index (κ3) is 3.56. The van der Waals surface area contributed by atoms with Gasteiger partial charge in [-0.25, -0.2) is 9.18 Å². The minimum absolute atomic E-state index is 0.0452. The van der Waals surface area contributed by atoms with Crippen LogP contribution in [0.3, 0.4) is 0 Å².